The van der Waals surface area contributed by atoms with Gasteiger partial charge in [0.15, 0.2) is 5.88 Å². The average molecular weight is 385 g/mol. The number of aromatic amines is 1. The molecule has 0 bridgehead atoms. The third-order valence-corrected chi connectivity index (χ3v) is 4.68. The van der Waals surface area contributed by atoms with Crippen LogP contribution in [0.1, 0.15) is 38.7 Å². The molecule has 0 saturated heterocycles. The van der Waals surface area contributed by atoms with Gasteiger partial charge in [0.25, 0.3) is 0 Å². The van der Waals surface area contributed by atoms with Gasteiger partial charge in [0.2, 0.25) is 0 Å². The van der Waals surface area contributed by atoms with E-state index in [1.54, 1.807) is 24.3 Å². The number of aromatic nitrogens is 1. The Balaban J connectivity index is 1.88. The number of nitrogens with one attached hydrogen (secondary N) is 1. The van der Waals surface area contributed by atoms with Gasteiger partial charge in [-0.15, -0.1) is 0 Å². The van der Waals surface area contributed by atoms with Gasteiger partial charge in [0.1, 0.15) is 11.6 Å². The molecular weight excluding hydrogens is 360 g/mol. The molecule has 0 aliphatic rings. The van der Waals surface area contributed by atoms with Crippen LogP contribution in [0.3, 0.4) is 0 Å². The highest BCUT2D eigenvalue weighted by atomic mass is 19.1. The first-order chi connectivity index (χ1) is 13.5. The van der Waals surface area contributed by atoms with E-state index in [-0.39, 0.29) is 22.6 Å². The summed E-state index contributed by atoms with van der Waals surface area (Å²) in [4.78, 5) is 9.01. The van der Waals surface area contributed by atoms with Crippen LogP contribution in [0.2, 0.25) is 0 Å². The molecule has 4 nitrogen and oxygen atoms in total. The Morgan fingerprint density at radius 3 is 2.61 bits per heavy atom. The van der Waals surface area contributed by atoms with E-state index in [1.165, 1.54) is 18.3 Å². The van der Waals surface area contributed by atoms with Crippen molar-refractivity contribution in [1.82, 2.24) is 4.98 Å². The summed E-state index contributed by atoms with van der Waals surface area (Å²) in [6.07, 6.45) is 4.35. The zero-order valence-corrected chi connectivity index (χ0v) is 16.2. The van der Waals surface area contributed by atoms with Gasteiger partial charge in [0.05, 0.1) is 22.5 Å². The molecule has 2 aromatic carbocycles. The first-order valence-corrected chi connectivity index (χ1v) is 9.62. The second kappa shape index (κ2) is 8.87. The minimum atomic E-state index is -0.455. The SMILES string of the molecule is CCCCN(CCC)c1ccc(N=Cc2c(O)[nH]c3cccc(F)c23)cc1F. The molecule has 1 heterocycles. The number of halogens is 2. The number of hydrogen-bond donors (Lipinski definition) is 2. The maximum absolute atomic E-state index is 14.7. The van der Waals surface area contributed by atoms with Crippen LogP contribution in [0.5, 0.6) is 5.88 Å². The zero-order valence-electron chi connectivity index (χ0n) is 16.2. The van der Waals surface area contributed by atoms with Crippen LogP contribution in [0.15, 0.2) is 41.4 Å². The first kappa shape index (κ1) is 19.9. The van der Waals surface area contributed by atoms with Crippen molar-refractivity contribution in [1.29, 1.82) is 0 Å². The molecule has 0 unspecified atom stereocenters. The maximum Gasteiger partial charge on any atom is 0.198 e. The number of rotatable bonds is 8. The number of benzene rings is 2. The largest absolute Gasteiger partial charge is 0.494 e. The lowest BCUT2D eigenvalue weighted by Gasteiger charge is -2.24. The standard InChI is InChI=1S/C22H25F2N3O/c1-3-5-12-27(11-4-2)20-10-9-15(13-18(20)24)25-14-16-21-17(23)7-6-8-19(21)26-22(16)28/h6-10,13-14,26,28H,3-5,11-12H2,1-2H3. The van der Waals surface area contributed by atoms with Gasteiger partial charge in [-0.05, 0) is 37.1 Å². The second-order valence-corrected chi connectivity index (χ2v) is 6.78. The second-order valence-electron chi connectivity index (χ2n) is 6.78. The highest BCUT2D eigenvalue weighted by molar-refractivity contribution is 6.02. The molecule has 0 aliphatic carbocycles. The van der Waals surface area contributed by atoms with E-state index in [4.69, 9.17) is 0 Å². The molecule has 3 aromatic rings. The van der Waals surface area contributed by atoms with Crippen LogP contribution in [-0.2, 0) is 0 Å². The Kier molecular flexibility index (Phi) is 6.29. The molecule has 28 heavy (non-hydrogen) atoms. The lowest BCUT2D eigenvalue weighted by atomic mass is 10.1. The van der Waals surface area contributed by atoms with Crippen molar-refractivity contribution in [3.8, 4) is 5.88 Å². The van der Waals surface area contributed by atoms with Gasteiger partial charge in [-0.25, -0.2) is 8.78 Å². The Morgan fingerprint density at radius 1 is 1.07 bits per heavy atom. The molecule has 0 fully saturated rings. The van der Waals surface area contributed by atoms with Gasteiger partial charge < -0.3 is 15.0 Å². The van der Waals surface area contributed by atoms with Crippen molar-refractivity contribution in [2.45, 2.75) is 33.1 Å². The van der Waals surface area contributed by atoms with Crippen molar-refractivity contribution >= 4 is 28.5 Å². The van der Waals surface area contributed by atoms with Gasteiger partial charge in [-0.2, -0.15) is 0 Å². The number of hydrogen-bond acceptors (Lipinski definition) is 3. The molecule has 6 heteroatoms. The number of unbranched alkanes of at least 4 members (excludes halogenated alkanes) is 1. The predicted octanol–water partition coefficient (Wildman–Crippen LogP) is 5.92. The van der Waals surface area contributed by atoms with Crippen LogP contribution in [0.4, 0.5) is 20.2 Å². The van der Waals surface area contributed by atoms with Crippen LogP contribution in [0.25, 0.3) is 10.9 Å². The minimum Gasteiger partial charge on any atom is -0.494 e. The fourth-order valence-electron chi connectivity index (χ4n) is 3.28. The smallest absolute Gasteiger partial charge is 0.198 e. The van der Waals surface area contributed by atoms with Crippen molar-refractivity contribution in [3.63, 3.8) is 0 Å². The third-order valence-electron chi connectivity index (χ3n) is 4.68. The van der Waals surface area contributed by atoms with Crippen LogP contribution in [-0.4, -0.2) is 29.4 Å². The predicted molar refractivity (Wildman–Crippen MR) is 111 cm³/mol. The summed E-state index contributed by atoms with van der Waals surface area (Å²) in [5.74, 6) is -0.966. The van der Waals surface area contributed by atoms with Crippen molar-refractivity contribution in [2.24, 2.45) is 4.99 Å². The summed E-state index contributed by atoms with van der Waals surface area (Å²) in [5, 5.41) is 10.3. The number of aromatic hydroxyl groups is 1. The molecule has 2 N–H and O–H groups in total. The monoisotopic (exact) mass is 385 g/mol. The fourth-order valence-corrected chi connectivity index (χ4v) is 3.28. The molecule has 0 saturated carbocycles. The molecule has 1 aromatic heterocycles. The fraction of sp³-hybridized carbons (Fsp3) is 0.318. The summed E-state index contributed by atoms with van der Waals surface area (Å²) >= 11 is 0. The van der Waals surface area contributed by atoms with Crippen molar-refractivity contribution in [3.05, 3.63) is 53.6 Å². The van der Waals surface area contributed by atoms with E-state index in [2.05, 4.69) is 23.8 Å². The molecule has 0 spiro atoms. The number of aliphatic imine (C=N–C) groups is 1. The summed E-state index contributed by atoms with van der Waals surface area (Å²) in [7, 11) is 0. The summed E-state index contributed by atoms with van der Waals surface area (Å²) in [6.45, 7) is 5.79. The van der Waals surface area contributed by atoms with E-state index in [1.807, 2.05) is 4.90 Å². The quantitative estimate of drug-likeness (QED) is 0.473. The van der Waals surface area contributed by atoms with Crippen LogP contribution >= 0.6 is 0 Å². The Labute approximate surface area is 163 Å². The van der Waals surface area contributed by atoms with E-state index in [9.17, 15) is 13.9 Å². The van der Waals surface area contributed by atoms with Crippen LogP contribution < -0.4 is 4.90 Å². The Morgan fingerprint density at radius 2 is 1.89 bits per heavy atom. The molecule has 148 valence electrons. The zero-order chi connectivity index (χ0) is 20.1. The molecule has 0 amide bonds. The molecule has 3 rings (SSSR count). The highest BCUT2D eigenvalue weighted by Crippen LogP contribution is 2.29. The third kappa shape index (κ3) is 4.16. The molecule has 0 radical (unpaired) electrons. The normalized spacial score (nSPS) is 11.6. The van der Waals surface area contributed by atoms with Gasteiger partial charge >= 0.3 is 0 Å². The van der Waals surface area contributed by atoms with Gasteiger partial charge in [-0.3, -0.25) is 4.99 Å². The van der Waals surface area contributed by atoms with Crippen molar-refractivity contribution < 1.29 is 13.9 Å². The molecule has 0 atom stereocenters. The van der Waals surface area contributed by atoms with Crippen LogP contribution in [0, 0.1) is 11.6 Å². The summed E-state index contributed by atoms with van der Waals surface area (Å²) in [6, 6.07) is 9.36. The summed E-state index contributed by atoms with van der Waals surface area (Å²) < 4.78 is 28.8. The number of fused-ring (bicyclic) bond motifs is 1. The van der Waals surface area contributed by atoms with Gasteiger partial charge in [0, 0.05) is 30.8 Å². The van der Waals surface area contributed by atoms with Gasteiger partial charge in [-0.1, -0.05) is 26.3 Å². The number of H-pyrrole nitrogens is 1. The lowest BCUT2D eigenvalue weighted by Crippen LogP contribution is -2.26. The van der Waals surface area contributed by atoms with E-state index >= 15 is 0 Å². The van der Waals surface area contributed by atoms with E-state index < -0.39 is 5.82 Å². The number of nitrogens with zero attached hydrogens (tertiary/aromatic N) is 2. The number of anilines is 1. The van der Waals surface area contributed by atoms with E-state index in [0.717, 1.165) is 32.4 Å². The van der Waals surface area contributed by atoms with Crippen molar-refractivity contribution in [2.75, 3.05) is 18.0 Å². The lowest BCUT2D eigenvalue weighted by molar-refractivity contribution is 0.457. The average Bonchev–Trinajstić information content (AvgIpc) is 3.00. The summed E-state index contributed by atoms with van der Waals surface area (Å²) in [5.41, 5.74) is 1.69. The van der Waals surface area contributed by atoms with E-state index in [0.29, 0.717) is 16.9 Å². The maximum atomic E-state index is 14.7. The topological polar surface area (TPSA) is 51.6 Å². The molecule has 0 aliphatic heterocycles. The first-order valence-electron chi connectivity index (χ1n) is 9.62. The highest BCUT2D eigenvalue weighted by Gasteiger charge is 2.14. The Hall–Kier alpha value is -2.89. The Bertz CT molecular complexity index is 981. The minimum absolute atomic E-state index is 0.172. The molecular formula is C22H25F2N3O.